The van der Waals surface area contributed by atoms with Gasteiger partial charge in [-0.3, -0.25) is 4.68 Å². The van der Waals surface area contributed by atoms with Crippen LogP contribution in [0.4, 0.5) is 0 Å². The Bertz CT molecular complexity index is 698. The molecule has 1 aliphatic carbocycles. The molecular weight excluding hydrogens is 285 g/mol. The zero-order valence-electron chi connectivity index (χ0n) is 13.7. The Balaban J connectivity index is 0.00000192. The monoisotopic (exact) mass is 305 g/mol. The largest absolute Gasteiger partial charge is 1.00 e. The van der Waals surface area contributed by atoms with Crippen molar-refractivity contribution in [2.75, 3.05) is 6.61 Å². The first kappa shape index (κ1) is 17.9. The fraction of sp³-hybridized carbons (Fsp3) is 0.471. The van der Waals surface area contributed by atoms with Gasteiger partial charge in [-0.15, -0.1) is 5.10 Å². The van der Waals surface area contributed by atoms with E-state index in [2.05, 4.69) is 22.2 Å². The van der Waals surface area contributed by atoms with Crippen molar-refractivity contribution in [3.8, 4) is 11.8 Å². The SMILES string of the molecule is CCO[C-](C#CC1(O)CCCCC1)n1nnc2ccccc21.[Li+]. The van der Waals surface area contributed by atoms with E-state index in [4.69, 9.17) is 4.74 Å². The summed E-state index contributed by atoms with van der Waals surface area (Å²) in [7, 11) is 0. The van der Waals surface area contributed by atoms with Gasteiger partial charge >= 0.3 is 18.9 Å². The van der Waals surface area contributed by atoms with Crippen molar-refractivity contribution in [3.63, 3.8) is 0 Å². The van der Waals surface area contributed by atoms with Gasteiger partial charge < -0.3 is 9.84 Å². The molecule has 3 rings (SSSR count). The van der Waals surface area contributed by atoms with Crippen LogP contribution < -0.4 is 18.9 Å². The molecule has 0 radical (unpaired) electrons. The third-order valence-electron chi connectivity index (χ3n) is 3.91. The Kier molecular flexibility index (Phi) is 6.16. The third kappa shape index (κ3) is 4.10. The van der Waals surface area contributed by atoms with E-state index in [0.29, 0.717) is 12.8 Å². The summed E-state index contributed by atoms with van der Waals surface area (Å²) in [4.78, 5) is 0. The number of nitrogens with zero attached hydrogens (tertiary/aromatic N) is 3. The maximum absolute atomic E-state index is 10.5. The van der Waals surface area contributed by atoms with Crippen LogP contribution in [0.3, 0.4) is 0 Å². The molecule has 1 fully saturated rings. The normalized spacial score (nSPS) is 16.3. The predicted octanol–water partition coefficient (Wildman–Crippen LogP) is -0.492. The van der Waals surface area contributed by atoms with Gasteiger partial charge in [0.2, 0.25) is 0 Å². The predicted molar refractivity (Wildman–Crippen MR) is 83.6 cm³/mol. The molecule has 1 saturated carbocycles. The fourth-order valence-electron chi connectivity index (χ4n) is 2.74. The fourth-order valence-corrected chi connectivity index (χ4v) is 2.74. The Morgan fingerprint density at radius 2 is 2.04 bits per heavy atom. The second-order valence-electron chi connectivity index (χ2n) is 5.57. The molecule has 0 atom stereocenters. The van der Waals surface area contributed by atoms with E-state index in [-0.39, 0.29) is 18.9 Å². The minimum atomic E-state index is -0.906. The van der Waals surface area contributed by atoms with Crippen LogP contribution >= 0.6 is 0 Å². The van der Waals surface area contributed by atoms with Crippen molar-refractivity contribution < 1.29 is 28.7 Å². The molecule has 2 aromatic rings. The molecule has 0 spiro atoms. The Morgan fingerprint density at radius 3 is 2.78 bits per heavy atom. The summed E-state index contributed by atoms with van der Waals surface area (Å²) < 4.78 is 7.22. The third-order valence-corrected chi connectivity index (χ3v) is 3.91. The topological polar surface area (TPSA) is 60.2 Å². The number of hydrogen-bond acceptors (Lipinski definition) is 4. The van der Waals surface area contributed by atoms with Gasteiger partial charge in [-0.05, 0) is 31.3 Å². The smallest absolute Gasteiger partial charge is 0.391 e. The number of fused-ring (bicyclic) bond motifs is 1. The molecule has 5 nitrogen and oxygen atoms in total. The van der Waals surface area contributed by atoms with Crippen molar-refractivity contribution in [2.45, 2.75) is 44.6 Å². The number of aromatic nitrogens is 3. The standard InChI is InChI=1S/C17H20N3O2.Li/c1-2-22-16(10-13-17(21)11-6-3-7-12-17)20-15-9-5-4-8-14(15)18-19-20;/h4-5,8-9,21H,2-3,6-7,11-12H2,1H3;/q-1;+1. The molecule has 0 bridgehead atoms. The molecule has 1 aromatic heterocycles. The summed E-state index contributed by atoms with van der Waals surface area (Å²) in [5.74, 6) is 5.97. The van der Waals surface area contributed by atoms with Crippen LogP contribution in [-0.4, -0.2) is 32.3 Å². The molecule has 0 aliphatic heterocycles. The molecule has 1 aliphatic rings. The van der Waals surface area contributed by atoms with Gasteiger partial charge in [0.1, 0.15) is 6.23 Å². The second kappa shape index (κ2) is 7.90. The van der Waals surface area contributed by atoms with E-state index in [9.17, 15) is 5.11 Å². The number of rotatable bonds is 3. The molecule has 1 N–H and O–H groups in total. The minimum absolute atomic E-state index is 0. The van der Waals surface area contributed by atoms with E-state index in [1.54, 1.807) is 4.68 Å². The van der Waals surface area contributed by atoms with Crippen LogP contribution in [0.2, 0.25) is 0 Å². The van der Waals surface area contributed by atoms with E-state index >= 15 is 0 Å². The molecule has 23 heavy (non-hydrogen) atoms. The number of para-hydroxylation sites is 1. The van der Waals surface area contributed by atoms with Crippen molar-refractivity contribution in [2.24, 2.45) is 0 Å². The van der Waals surface area contributed by atoms with Crippen molar-refractivity contribution in [3.05, 3.63) is 30.5 Å². The van der Waals surface area contributed by atoms with Gasteiger partial charge in [-0.25, -0.2) is 5.92 Å². The first-order chi connectivity index (χ1) is 10.7. The molecule has 116 valence electrons. The molecule has 0 unspecified atom stereocenters. The quantitative estimate of drug-likeness (QED) is 0.472. The van der Waals surface area contributed by atoms with Gasteiger partial charge in [0.05, 0.1) is 11.1 Å². The summed E-state index contributed by atoms with van der Waals surface area (Å²) in [5.41, 5.74) is 0.727. The first-order valence-corrected chi connectivity index (χ1v) is 7.78. The van der Waals surface area contributed by atoms with Gasteiger partial charge in [0.15, 0.2) is 0 Å². The van der Waals surface area contributed by atoms with Gasteiger partial charge in [-0.2, -0.15) is 5.92 Å². The van der Waals surface area contributed by atoms with E-state index in [0.717, 1.165) is 36.7 Å². The van der Waals surface area contributed by atoms with Gasteiger partial charge in [0.25, 0.3) is 0 Å². The van der Waals surface area contributed by atoms with Crippen molar-refractivity contribution >= 4 is 11.0 Å². The maximum atomic E-state index is 10.5. The molecule has 0 saturated heterocycles. The van der Waals surface area contributed by atoms with Crippen LogP contribution in [0.15, 0.2) is 24.3 Å². The van der Waals surface area contributed by atoms with Crippen LogP contribution in [0, 0.1) is 18.1 Å². The number of aliphatic hydroxyl groups is 1. The molecule has 0 amide bonds. The van der Waals surface area contributed by atoms with Crippen molar-refractivity contribution in [1.82, 2.24) is 15.0 Å². The minimum Gasteiger partial charge on any atom is -0.391 e. The molecule has 1 heterocycles. The maximum Gasteiger partial charge on any atom is 1.00 e. The molecule has 1 aromatic carbocycles. The zero-order chi connectivity index (χ0) is 15.4. The summed E-state index contributed by atoms with van der Waals surface area (Å²) in [6.07, 6.45) is 5.05. The number of hydrogen-bond donors (Lipinski definition) is 1. The van der Waals surface area contributed by atoms with Crippen LogP contribution in [-0.2, 0) is 4.74 Å². The van der Waals surface area contributed by atoms with Crippen LogP contribution in [0.25, 0.3) is 11.0 Å². The summed E-state index contributed by atoms with van der Waals surface area (Å²) in [6.45, 7) is 2.38. The Labute approximate surface area is 148 Å². The number of ether oxygens (including phenoxy) is 1. The van der Waals surface area contributed by atoms with E-state index in [1.165, 1.54) is 6.42 Å². The average molecular weight is 305 g/mol. The van der Waals surface area contributed by atoms with Gasteiger partial charge in [-0.1, -0.05) is 42.7 Å². The Hall–Kier alpha value is -1.43. The van der Waals surface area contributed by atoms with Crippen LogP contribution in [0.1, 0.15) is 39.0 Å². The molecule has 6 heteroatoms. The Morgan fingerprint density at radius 1 is 1.30 bits per heavy atom. The van der Waals surface area contributed by atoms with Crippen LogP contribution in [0.5, 0.6) is 0 Å². The zero-order valence-corrected chi connectivity index (χ0v) is 13.7. The second-order valence-corrected chi connectivity index (χ2v) is 5.57. The summed E-state index contributed by atoms with van der Waals surface area (Å²) in [5, 5.41) is 18.7. The summed E-state index contributed by atoms with van der Waals surface area (Å²) >= 11 is 0. The first-order valence-electron chi connectivity index (χ1n) is 7.78. The van der Waals surface area contributed by atoms with Crippen molar-refractivity contribution in [1.29, 1.82) is 0 Å². The summed E-state index contributed by atoms with van der Waals surface area (Å²) in [6, 6.07) is 7.65. The van der Waals surface area contributed by atoms with E-state index in [1.807, 2.05) is 31.2 Å². The van der Waals surface area contributed by atoms with Gasteiger partial charge in [0, 0.05) is 6.61 Å². The molecular formula is C17H20LiN3O2. The van der Waals surface area contributed by atoms with E-state index < -0.39 is 5.60 Å². The average Bonchev–Trinajstić information content (AvgIpc) is 2.96. The number of benzene rings is 1.